The number of para-hydroxylation sites is 1. The molecule has 0 radical (unpaired) electrons. The molecule has 3 aromatic rings. The van der Waals surface area contributed by atoms with Gasteiger partial charge in [0.05, 0.1) is 17.7 Å². The van der Waals surface area contributed by atoms with Gasteiger partial charge in [-0.2, -0.15) is 0 Å². The first kappa shape index (κ1) is 17.3. The molecule has 0 saturated carbocycles. The highest BCUT2D eigenvalue weighted by molar-refractivity contribution is 7.99. The molecule has 0 aliphatic heterocycles. The maximum absolute atomic E-state index is 12.1. The monoisotopic (exact) mass is 375 g/mol. The van der Waals surface area contributed by atoms with Crippen LogP contribution in [0.3, 0.4) is 0 Å². The molecule has 3 N–H and O–H groups in total. The topological polar surface area (TPSA) is 95.1 Å². The van der Waals surface area contributed by atoms with Crippen molar-refractivity contribution in [3.63, 3.8) is 0 Å². The molecule has 0 atom stereocenters. The quantitative estimate of drug-likeness (QED) is 0.485. The number of nitrogen functional groups attached to an aromatic ring is 1. The van der Waals surface area contributed by atoms with Crippen LogP contribution in [0.25, 0.3) is 10.7 Å². The summed E-state index contributed by atoms with van der Waals surface area (Å²) in [6, 6.07) is 11.4. The van der Waals surface area contributed by atoms with E-state index in [1.54, 1.807) is 7.11 Å². The molecule has 1 aromatic carbocycles. The molecule has 25 heavy (non-hydrogen) atoms. The molecule has 2 heterocycles. The third-order valence-corrected chi connectivity index (χ3v) is 5.22. The van der Waals surface area contributed by atoms with E-state index in [2.05, 4.69) is 15.5 Å². The fourth-order valence-electron chi connectivity index (χ4n) is 2.17. The number of amides is 1. The summed E-state index contributed by atoms with van der Waals surface area (Å²) in [5.74, 6) is 7.44. The SMILES string of the molecule is COc1ccccc1CNC(=O)CSc1nnc(-c2cccs2)n1N. The van der Waals surface area contributed by atoms with Gasteiger partial charge in [-0.25, -0.2) is 4.68 Å². The van der Waals surface area contributed by atoms with Crippen LogP contribution in [0, 0.1) is 0 Å². The van der Waals surface area contributed by atoms with E-state index in [0.29, 0.717) is 17.5 Å². The summed E-state index contributed by atoms with van der Waals surface area (Å²) in [6.45, 7) is 0.402. The van der Waals surface area contributed by atoms with Gasteiger partial charge in [0.15, 0.2) is 5.82 Å². The molecule has 0 aliphatic carbocycles. The van der Waals surface area contributed by atoms with Crippen molar-refractivity contribution in [1.29, 1.82) is 0 Å². The zero-order chi connectivity index (χ0) is 17.6. The number of methoxy groups -OCH3 is 1. The number of hydrogen-bond acceptors (Lipinski definition) is 7. The van der Waals surface area contributed by atoms with Gasteiger partial charge in [0, 0.05) is 12.1 Å². The summed E-state index contributed by atoms with van der Waals surface area (Å²) in [6.07, 6.45) is 0. The van der Waals surface area contributed by atoms with Crippen molar-refractivity contribution in [2.45, 2.75) is 11.7 Å². The average Bonchev–Trinajstić information content (AvgIpc) is 3.28. The van der Waals surface area contributed by atoms with E-state index in [4.69, 9.17) is 10.6 Å². The van der Waals surface area contributed by atoms with Gasteiger partial charge in [0.1, 0.15) is 5.75 Å². The summed E-state index contributed by atoms with van der Waals surface area (Å²) < 4.78 is 6.67. The van der Waals surface area contributed by atoms with Crippen molar-refractivity contribution >= 4 is 29.0 Å². The maximum atomic E-state index is 12.1. The maximum Gasteiger partial charge on any atom is 0.230 e. The molecule has 3 rings (SSSR count). The van der Waals surface area contributed by atoms with Crippen LogP contribution in [0.4, 0.5) is 0 Å². The number of rotatable bonds is 7. The summed E-state index contributed by atoms with van der Waals surface area (Å²) in [4.78, 5) is 13.0. The minimum atomic E-state index is -0.114. The van der Waals surface area contributed by atoms with Crippen LogP contribution in [0.15, 0.2) is 46.9 Å². The Hall–Kier alpha value is -2.52. The molecule has 1 amide bonds. The third-order valence-electron chi connectivity index (χ3n) is 3.41. The lowest BCUT2D eigenvalue weighted by atomic mass is 10.2. The highest BCUT2D eigenvalue weighted by Gasteiger charge is 2.14. The number of aromatic nitrogens is 3. The first-order valence-electron chi connectivity index (χ1n) is 7.45. The number of nitrogens with zero attached hydrogens (tertiary/aromatic N) is 3. The second-order valence-corrected chi connectivity index (χ2v) is 6.92. The Balaban J connectivity index is 1.54. The van der Waals surface area contributed by atoms with Crippen LogP contribution in [0.1, 0.15) is 5.56 Å². The third kappa shape index (κ3) is 4.12. The van der Waals surface area contributed by atoms with Gasteiger partial charge < -0.3 is 15.9 Å². The second-order valence-electron chi connectivity index (χ2n) is 5.03. The Morgan fingerprint density at radius 1 is 1.32 bits per heavy atom. The number of thioether (sulfide) groups is 1. The van der Waals surface area contributed by atoms with Gasteiger partial charge in [0.2, 0.25) is 11.1 Å². The lowest BCUT2D eigenvalue weighted by molar-refractivity contribution is -0.118. The van der Waals surface area contributed by atoms with E-state index in [0.717, 1.165) is 16.2 Å². The number of ether oxygens (including phenoxy) is 1. The number of nitrogens with one attached hydrogen (secondary N) is 1. The zero-order valence-corrected chi connectivity index (χ0v) is 15.1. The molecule has 2 aromatic heterocycles. The number of carbonyl (C=O) groups is 1. The minimum absolute atomic E-state index is 0.114. The molecule has 0 unspecified atom stereocenters. The van der Waals surface area contributed by atoms with Crippen LogP contribution in [-0.2, 0) is 11.3 Å². The Kier molecular flexibility index (Phi) is 5.56. The molecular weight excluding hydrogens is 358 g/mol. The van der Waals surface area contributed by atoms with Crippen molar-refractivity contribution < 1.29 is 9.53 Å². The predicted molar refractivity (Wildman–Crippen MR) is 99.1 cm³/mol. The molecule has 0 bridgehead atoms. The van der Waals surface area contributed by atoms with Gasteiger partial charge >= 0.3 is 0 Å². The van der Waals surface area contributed by atoms with E-state index in [1.165, 1.54) is 27.8 Å². The van der Waals surface area contributed by atoms with Crippen molar-refractivity contribution in [1.82, 2.24) is 20.2 Å². The summed E-state index contributed by atoms with van der Waals surface area (Å²) in [5, 5.41) is 13.4. The van der Waals surface area contributed by atoms with Gasteiger partial charge in [-0.05, 0) is 17.5 Å². The fourth-order valence-corrected chi connectivity index (χ4v) is 3.57. The van der Waals surface area contributed by atoms with Crippen molar-refractivity contribution in [2.75, 3.05) is 18.7 Å². The fraction of sp³-hybridized carbons (Fsp3) is 0.188. The van der Waals surface area contributed by atoms with Crippen LogP contribution >= 0.6 is 23.1 Å². The molecule has 0 spiro atoms. The standard InChI is InChI=1S/C16H17N5O2S2/c1-23-12-6-3-2-5-11(12)9-18-14(22)10-25-16-20-19-15(21(16)17)13-7-4-8-24-13/h2-8H,9-10,17H2,1H3,(H,18,22). The molecule has 130 valence electrons. The van der Waals surface area contributed by atoms with Crippen molar-refractivity contribution in [3.05, 3.63) is 47.3 Å². The summed E-state index contributed by atoms with van der Waals surface area (Å²) in [5.41, 5.74) is 0.922. The van der Waals surface area contributed by atoms with Crippen LogP contribution in [-0.4, -0.2) is 33.6 Å². The number of hydrogen-bond donors (Lipinski definition) is 2. The van der Waals surface area contributed by atoms with Crippen LogP contribution < -0.4 is 15.9 Å². The first-order chi connectivity index (χ1) is 12.2. The van der Waals surface area contributed by atoms with Crippen molar-refractivity contribution in [3.8, 4) is 16.5 Å². The highest BCUT2D eigenvalue weighted by Crippen LogP contribution is 2.25. The highest BCUT2D eigenvalue weighted by atomic mass is 32.2. The Morgan fingerprint density at radius 3 is 2.92 bits per heavy atom. The van der Waals surface area contributed by atoms with Crippen molar-refractivity contribution in [2.24, 2.45) is 0 Å². The van der Waals surface area contributed by atoms with E-state index < -0.39 is 0 Å². The number of benzene rings is 1. The second kappa shape index (κ2) is 8.04. The number of thiophene rings is 1. The van der Waals surface area contributed by atoms with Crippen LogP contribution in [0.5, 0.6) is 5.75 Å². The lowest BCUT2D eigenvalue weighted by Gasteiger charge is -2.09. The lowest BCUT2D eigenvalue weighted by Crippen LogP contribution is -2.25. The molecule has 7 nitrogen and oxygen atoms in total. The summed E-state index contributed by atoms with van der Waals surface area (Å²) in [7, 11) is 1.61. The normalized spacial score (nSPS) is 10.6. The van der Waals surface area contributed by atoms with E-state index >= 15 is 0 Å². The smallest absolute Gasteiger partial charge is 0.230 e. The molecule has 0 saturated heterocycles. The summed E-state index contributed by atoms with van der Waals surface area (Å²) >= 11 is 2.78. The minimum Gasteiger partial charge on any atom is -0.496 e. The first-order valence-corrected chi connectivity index (χ1v) is 9.31. The largest absolute Gasteiger partial charge is 0.496 e. The Bertz CT molecular complexity index is 848. The Labute approximate surface area is 153 Å². The predicted octanol–water partition coefficient (Wildman–Crippen LogP) is 2.14. The average molecular weight is 375 g/mol. The van der Waals surface area contributed by atoms with E-state index in [9.17, 15) is 4.79 Å². The molecule has 9 heteroatoms. The van der Waals surface area contributed by atoms with Crippen LogP contribution in [0.2, 0.25) is 0 Å². The zero-order valence-electron chi connectivity index (χ0n) is 13.5. The van der Waals surface area contributed by atoms with Gasteiger partial charge in [-0.3, -0.25) is 4.79 Å². The van der Waals surface area contributed by atoms with E-state index in [1.807, 2.05) is 41.8 Å². The van der Waals surface area contributed by atoms with Gasteiger partial charge in [-0.15, -0.1) is 21.5 Å². The molecule has 0 fully saturated rings. The van der Waals surface area contributed by atoms with Gasteiger partial charge in [-0.1, -0.05) is 36.0 Å². The van der Waals surface area contributed by atoms with E-state index in [-0.39, 0.29) is 11.7 Å². The van der Waals surface area contributed by atoms with Gasteiger partial charge in [0.25, 0.3) is 0 Å². The number of carbonyl (C=O) groups excluding carboxylic acids is 1. The Morgan fingerprint density at radius 2 is 2.16 bits per heavy atom. The molecule has 0 aliphatic rings. The molecular formula is C16H17N5O2S2. The number of nitrogens with two attached hydrogens (primary N) is 1.